The smallest absolute Gasteiger partial charge is 0.324 e. The molecule has 0 saturated heterocycles. The number of hydrogen-bond donors (Lipinski definition) is 1. The van der Waals surface area contributed by atoms with Crippen molar-refractivity contribution in [3.63, 3.8) is 0 Å². The van der Waals surface area contributed by atoms with Gasteiger partial charge in [0.15, 0.2) is 5.41 Å². The molecule has 3 nitrogen and oxygen atoms in total. The predicted molar refractivity (Wildman–Crippen MR) is 119 cm³/mol. The minimum atomic E-state index is -1.78. The number of carbonyl (C=O) groups is 1. The summed E-state index contributed by atoms with van der Waals surface area (Å²) in [4.78, 5) is 14.3. The second-order valence-corrected chi connectivity index (χ2v) is 8.05. The van der Waals surface area contributed by atoms with Crippen LogP contribution < -0.4 is 0 Å². The van der Waals surface area contributed by atoms with E-state index in [9.17, 15) is 9.90 Å². The Morgan fingerprint density at radius 2 is 1.13 bits per heavy atom. The van der Waals surface area contributed by atoms with Crippen LogP contribution in [0, 0.1) is 0 Å². The number of hydrogen-bond acceptors (Lipinski definition) is 2. The molecule has 4 aromatic rings. The number of Topliss-reactive ketones (excluding diaryl/α,β-unsaturated/α-hetero) is 1. The number of aliphatic hydroxyl groups is 1. The molecule has 148 valence electrons. The highest BCUT2D eigenvalue weighted by Gasteiger charge is 2.77. The van der Waals surface area contributed by atoms with Crippen molar-refractivity contribution in [3.8, 4) is 0 Å². The molecule has 2 bridgehead atoms. The maximum atomic E-state index is 14.3. The van der Waals surface area contributed by atoms with Crippen molar-refractivity contribution < 1.29 is 14.5 Å². The lowest BCUT2D eigenvalue weighted by Crippen LogP contribution is -2.41. The molecule has 2 aliphatic rings. The summed E-state index contributed by atoms with van der Waals surface area (Å²) in [7, 11) is 0. The third kappa shape index (κ3) is 2.11. The van der Waals surface area contributed by atoms with Crippen LogP contribution in [0.5, 0.6) is 0 Å². The molecule has 0 fully saturated rings. The Morgan fingerprint density at radius 1 is 0.613 bits per heavy atom. The zero-order chi connectivity index (χ0) is 21.1. The summed E-state index contributed by atoms with van der Waals surface area (Å²) in [5.41, 5.74) is 1.96. The number of rotatable bonds is 3. The van der Waals surface area contributed by atoms with E-state index in [-0.39, 0.29) is 5.78 Å². The van der Waals surface area contributed by atoms with Crippen LogP contribution in [0.15, 0.2) is 115 Å². The van der Waals surface area contributed by atoms with Crippen LogP contribution >= 0.6 is 0 Å². The fraction of sp³-hybridized carbons (Fsp3) is 0.0714. The van der Waals surface area contributed by atoms with Gasteiger partial charge < -0.3 is 5.11 Å². The first-order chi connectivity index (χ1) is 15.2. The number of nitrogens with zero attached hydrogens (tertiary/aromatic N) is 1. The molecule has 1 aliphatic carbocycles. The van der Waals surface area contributed by atoms with Gasteiger partial charge in [0.25, 0.3) is 5.78 Å². The number of ketones is 1. The summed E-state index contributed by atoms with van der Waals surface area (Å²) < 4.78 is 1.83. The van der Waals surface area contributed by atoms with Gasteiger partial charge in [-0.15, -0.1) is 0 Å². The van der Waals surface area contributed by atoms with Gasteiger partial charge in [0.1, 0.15) is 0 Å². The summed E-state index contributed by atoms with van der Waals surface area (Å²) in [5, 5.41) is 12.2. The summed E-state index contributed by atoms with van der Waals surface area (Å²) >= 11 is 0. The lowest BCUT2D eigenvalue weighted by atomic mass is 9.69. The van der Waals surface area contributed by atoms with E-state index in [1.54, 1.807) is 0 Å². The third-order valence-electron chi connectivity index (χ3n) is 6.53. The maximum absolute atomic E-state index is 14.3. The van der Waals surface area contributed by atoms with E-state index in [4.69, 9.17) is 0 Å². The van der Waals surface area contributed by atoms with E-state index in [1.165, 1.54) is 0 Å². The van der Waals surface area contributed by atoms with E-state index in [2.05, 4.69) is 0 Å². The van der Waals surface area contributed by atoms with Crippen LogP contribution in [0.2, 0.25) is 0 Å². The van der Waals surface area contributed by atoms with Crippen LogP contribution in [0.4, 0.5) is 5.69 Å². The number of carbonyl (C=O) groups excluding carboxylic acids is 1. The maximum Gasteiger partial charge on any atom is 0.360 e. The Bertz CT molecular complexity index is 1350. The average Bonchev–Trinajstić information content (AvgIpc) is 3.18. The van der Waals surface area contributed by atoms with Crippen LogP contribution in [0.25, 0.3) is 0 Å². The fourth-order valence-corrected chi connectivity index (χ4v) is 5.35. The lowest BCUT2D eigenvalue weighted by Gasteiger charge is -2.27. The Hall–Kier alpha value is -3.82. The number of fused-ring (bicyclic) bond motifs is 5. The van der Waals surface area contributed by atoms with Crippen LogP contribution in [-0.4, -0.2) is 21.2 Å². The van der Waals surface area contributed by atoms with Gasteiger partial charge in [0, 0.05) is 17.7 Å². The molecule has 0 aromatic heterocycles. The second kappa shape index (κ2) is 6.34. The molecule has 1 aliphatic heterocycles. The van der Waals surface area contributed by atoms with Gasteiger partial charge in [-0.3, -0.25) is 4.79 Å². The van der Waals surface area contributed by atoms with Crippen molar-refractivity contribution in [2.75, 3.05) is 0 Å². The van der Waals surface area contributed by atoms with E-state index in [0.717, 1.165) is 28.1 Å². The van der Waals surface area contributed by atoms with Gasteiger partial charge in [0.05, 0.1) is 5.56 Å². The van der Waals surface area contributed by atoms with Crippen molar-refractivity contribution in [3.05, 3.63) is 138 Å². The zero-order valence-corrected chi connectivity index (χ0v) is 16.8. The van der Waals surface area contributed by atoms with E-state index in [1.807, 2.05) is 120 Å². The van der Waals surface area contributed by atoms with Gasteiger partial charge in [-0.1, -0.05) is 84.9 Å². The van der Waals surface area contributed by atoms with E-state index in [0.29, 0.717) is 5.56 Å². The Morgan fingerprint density at radius 3 is 1.77 bits per heavy atom. The highest BCUT2D eigenvalue weighted by Crippen LogP contribution is 2.57. The summed E-state index contributed by atoms with van der Waals surface area (Å²) in [6.07, 6.45) is 0. The normalized spacial score (nSPS) is 23.8. The Balaban J connectivity index is 1.84. The van der Waals surface area contributed by atoms with Crippen molar-refractivity contribution in [1.82, 2.24) is 0 Å². The molecule has 0 spiro atoms. The topological polar surface area (TPSA) is 40.3 Å². The SMILES string of the molecule is O=C1[C@@]2(c3ccccc3)C(c3ccccc3)=[N+](c3ccccc3)[C@]1(O)c1ccccc12. The van der Waals surface area contributed by atoms with Gasteiger partial charge in [-0.2, -0.15) is 4.58 Å². The monoisotopic (exact) mass is 402 g/mol. The molecule has 6 rings (SSSR count). The Kier molecular flexibility index (Phi) is 3.68. The highest BCUT2D eigenvalue weighted by atomic mass is 16.3. The standard InChI is InChI=1S/C28H20NO2/c30-26-27(21-14-6-2-7-15-21)23-18-10-11-19-24(23)28(26,31)29(22-16-8-3-9-17-22)25(27)20-12-4-1-5-13-20/h1-19,31H/q+1/t27-,28+/m1/s1. The largest absolute Gasteiger partial charge is 0.360 e. The van der Waals surface area contributed by atoms with Crippen LogP contribution in [-0.2, 0) is 15.9 Å². The molecule has 3 heteroatoms. The lowest BCUT2D eigenvalue weighted by molar-refractivity contribution is -0.577. The van der Waals surface area contributed by atoms with Crippen molar-refractivity contribution in [2.45, 2.75) is 11.1 Å². The molecule has 1 heterocycles. The van der Waals surface area contributed by atoms with Crippen LogP contribution in [0.1, 0.15) is 22.3 Å². The van der Waals surface area contributed by atoms with Gasteiger partial charge in [-0.05, 0) is 29.3 Å². The molecule has 2 atom stereocenters. The Labute approximate surface area is 180 Å². The third-order valence-corrected chi connectivity index (χ3v) is 6.53. The molecular formula is C28H20NO2+. The van der Waals surface area contributed by atoms with Gasteiger partial charge in [0.2, 0.25) is 11.4 Å². The molecule has 1 N–H and O–H groups in total. The molecule has 0 saturated carbocycles. The minimum absolute atomic E-state index is 0.227. The molecule has 0 amide bonds. The van der Waals surface area contributed by atoms with Crippen LogP contribution in [0.3, 0.4) is 0 Å². The summed E-state index contributed by atoms with van der Waals surface area (Å²) in [6, 6.07) is 37.1. The average molecular weight is 402 g/mol. The van der Waals surface area contributed by atoms with Gasteiger partial charge in [-0.25, -0.2) is 0 Å². The predicted octanol–water partition coefficient (Wildman–Crippen LogP) is 4.55. The summed E-state index contributed by atoms with van der Waals surface area (Å²) in [6.45, 7) is 0. The van der Waals surface area contributed by atoms with Crippen molar-refractivity contribution >= 4 is 17.2 Å². The van der Waals surface area contributed by atoms with E-state index < -0.39 is 11.1 Å². The number of para-hydroxylation sites is 1. The van der Waals surface area contributed by atoms with Crippen molar-refractivity contribution in [1.29, 1.82) is 0 Å². The molecule has 4 aromatic carbocycles. The van der Waals surface area contributed by atoms with E-state index >= 15 is 0 Å². The quantitative estimate of drug-likeness (QED) is 0.511. The van der Waals surface area contributed by atoms with Gasteiger partial charge >= 0.3 is 5.72 Å². The first-order valence-corrected chi connectivity index (χ1v) is 10.4. The molecular weight excluding hydrogens is 382 g/mol. The first-order valence-electron chi connectivity index (χ1n) is 10.4. The first kappa shape index (κ1) is 18.0. The molecule has 31 heavy (non-hydrogen) atoms. The minimum Gasteiger partial charge on any atom is -0.324 e. The summed E-state index contributed by atoms with van der Waals surface area (Å²) in [5.74, 6) is -0.227. The second-order valence-electron chi connectivity index (χ2n) is 8.05. The molecule has 0 unspecified atom stereocenters. The van der Waals surface area contributed by atoms with Crippen molar-refractivity contribution in [2.24, 2.45) is 0 Å². The zero-order valence-electron chi connectivity index (χ0n) is 16.8. The highest BCUT2D eigenvalue weighted by molar-refractivity contribution is 6.29. The number of benzene rings is 4. The fourth-order valence-electron chi connectivity index (χ4n) is 5.35. The molecule has 0 radical (unpaired) electrons.